The van der Waals surface area contributed by atoms with Crippen molar-refractivity contribution in [2.75, 3.05) is 4.72 Å². The zero-order valence-electron chi connectivity index (χ0n) is 13.8. The van der Waals surface area contributed by atoms with Crippen molar-refractivity contribution in [3.05, 3.63) is 79.6 Å². The summed E-state index contributed by atoms with van der Waals surface area (Å²) in [6.45, 7) is 1.76. The number of aromatic nitrogens is 2. The van der Waals surface area contributed by atoms with E-state index in [-0.39, 0.29) is 14.9 Å². The first-order valence-electron chi connectivity index (χ1n) is 7.52. The molecule has 0 saturated heterocycles. The molecular weight excluding hydrogens is 433 g/mol. The number of rotatable bonds is 4. The van der Waals surface area contributed by atoms with E-state index >= 15 is 0 Å². The third kappa shape index (κ3) is 4.11. The van der Waals surface area contributed by atoms with Crippen molar-refractivity contribution in [1.29, 1.82) is 0 Å². The van der Waals surface area contributed by atoms with E-state index in [9.17, 15) is 13.2 Å². The summed E-state index contributed by atoms with van der Waals surface area (Å²) in [6, 6.07) is 10.5. The van der Waals surface area contributed by atoms with Gasteiger partial charge < -0.3 is 0 Å². The summed E-state index contributed by atoms with van der Waals surface area (Å²) in [5, 5.41) is 4.19. The zero-order chi connectivity index (χ0) is 19.8. The fraction of sp³-hybridized carbons (Fsp3) is 0.0588. The van der Waals surface area contributed by atoms with Crippen LogP contribution < -0.4 is 10.3 Å². The number of nitrogens with one attached hydrogen (secondary N) is 1. The van der Waals surface area contributed by atoms with Gasteiger partial charge in [-0.15, -0.1) is 0 Å². The lowest BCUT2D eigenvalue weighted by Crippen LogP contribution is -2.21. The Hall–Kier alpha value is -2.06. The van der Waals surface area contributed by atoms with Gasteiger partial charge in [0.15, 0.2) is 0 Å². The number of hydrogen-bond acceptors (Lipinski definition) is 4. The highest BCUT2D eigenvalue weighted by Gasteiger charge is 2.16. The predicted molar refractivity (Wildman–Crippen MR) is 107 cm³/mol. The molecule has 140 valence electrons. The van der Waals surface area contributed by atoms with Crippen molar-refractivity contribution in [2.45, 2.75) is 11.8 Å². The lowest BCUT2D eigenvalue weighted by Gasteiger charge is -2.12. The molecule has 6 nitrogen and oxygen atoms in total. The first kappa shape index (κ1) is 19.7. The van der Waals surface area contributed by atoms with E-state index in [1.165, 1.54) is 36.5 Å². The van der Waals surface area contributed by atoms with Crippen LogP contribution >= 0.6 is 34.8 Å². The summed E-state index contributed by atoms with van der Waals surface area (Å²) in [5.41, 5.74) is 0.851. The van der Waals surface area contributed by atoms with Crippen LogP contribution in [0.1, 0.15) is 5.56 Å². The van der Waals surface area contributed by atoms with Gasteiger partial charge in [0.2, 0.25) is 0 Å². The largest absolute Gasteiger partial charge is 0.291 e. The van der Waals surface area contributed by atoms with Gasteiger partial charge in [-0.3, -0.25) is 9.52 Å². The van der Waals surface area contributed by atoms with Crippen LogP contribution in [0.4, 0.5) is 5.69 Å². The summed E-state index contributed by atoms with van der Waals surface area (Å²) >= 11 is 17.5. The molecule has 0 spiro atoms. The van der Waals surface area contributed by atoms with E-state index in [2.05, 4.69) is 9.82 Å². The Bertz CT molecular complexity index is 1180. The van der Waals surface area contributed by atoms with Gasteiger partial charge in [0.25, 0.3) is 15.6 Å². The van der Waals surface area contributed by atoms with Crippen LogP contribution in [0.25, 0.3) is 5.69 Å². The molecule has 0 aliphatic rings. The maximum Gasteiger partial charge on any atom is 0.291 e. The average Bonchev–Trinajstić information content (AvgIpc) is 2.63. The number of sulfonamides is 1. The summed E-state index contributed by atoms with van der Waals surface area (Å²) in [4.78, 5) is 12.1. The van der Waals surface area contributed by atoms with Crippen molar-refractivity contribution in [3.63, 3.8) is 0 Å². The molecule has 0 fully saturated rings. The van der Waals surface area contributed by atoms with E-state index in [0.717, 1.165) is 10.2 Å². The topological polar surface area (TPSA) is 81.1 Å². The second-order valence-corrected chi connectivity index (χ2v) is 8.49. The van der Waals surface area contributed by atoms with E-state index in [1.807, 2.05) is 0 Å². The highest BCUT2D eigenvalue weighted by Crippen LogP contribution is 2.24. The van der Waals surface area contributed by atoms with Crippen molar-refractivity contribution < 1.29 is 8.42 Å². The average molecular weight is 445 g/mol. The molecule has 1 aromatic heterocycles. The van der Waals surface area contributed by atoms with Crippen LogP contribution in [0, 0.1) is 6.92 Å². The molecule has 1 heterocycles. The van der Waals surface area contributed by atoms with Crippen molar-refractivity contribution in [3.8, 4) is 5.69 Å². The van der Waals surface area contributed by atoms with Gasteiger partial charge in [0, 0.05) is 5.02 Å². The third-order valence-corrected chi connectivity index (χ3v) is 6.08. The normalized spacial score (nSPS) is 11.4. The Morgan fingerprint density at radius 3 is 2.37 bits per heavy atom. The molecule has 0 bridgehead atoms. The fourth-order valence-corrected chi connectivity index (χ4v) is 3.82. The number of halogens is 3. The van der Waals surface area contributed by atoms with Crippen molar-refractivity contribution in [1.82, 2.24) is 9.78 Å². The minimum atomic E-state index is -3.84. The van der Waals surface area contributed by atoms with Crippen LogP contribution in [0.15, 0.2) is 58.4 Å². The van der Waals surface area contributed by atoms with E-state index in [1.54, 1.807) is 19.1 Å². The molecule has 10 heteroatoms. The van der Waals surface area contributed by atoms with Gasteiger partial charge in [-0.25, -0.2) is 8.42 Å². The van der Waals surface area contributed by atoms with Crippen molar-refractivity contribution in [2.24, 2.45) is 0 Å². The Labute approximate surface area is 170 Å². The van der Waals surface area contributed by atoms with Gasteiger partial charge in [0.05, 0.1) is 27.5 Å². The van der Waals surface area contributed by atoms with Gasteiger partial charge in [-0.1, -0.05) is 40.9 Å². The maximum atomic E-state index is 12.6. The number of hydrogen-bond donors (Lipinski definition) is 1. The Morgan fingerprint density at radius 2 is 1.70 bits per heavy atom. The van der Waals surface area contributed by atoms with Gasteiger partial charge in [-0.2, -0.15) is 9.78 Å². The summed E-state index contributed by atoms with van der Waals surface area (Å²) in [6.07, 6.45) is 1.24. The molecule has 0 aliphatic carbocycles. The smallest absolute Gasteiger partial charge is 0.279 e. The monoisotopic (exact) mass is 443 g/mol. The van der Waals surface area contributed by atoms with Crippen molar-refractivity contribution >= 4 is 50.5 Å². The Balaban J connectivity index is 1.94. The molecule has 0 unspecified atom stereocenters. The molecule has 3 rings (SSSR count). The van der Waals surface area contributed by atoms with E-state index < -0.39 is 15.6 Å². The molecule has 0 radical (unpaired) electrons. The minimum Gasteiger partial charge on any atom is -0.279 e. The lowest BCUT2D eigenvalue weighted by molar-refractivity contribution is 0.601. The minimum absolute atomic E-state index is 0.0127. The van der Waals surface area contributed by atoms with Crippen LogP contribution in [0.3, 0.4) is 0 Å². The van der Waals surface area contributed by atoms with Crippen LogP contribution in [-0.2, 0) is 10.0 Å². The summed E-state index contributed by atoms with van der Waals surface area (Å²) < 4.78 is 28.7. The molecule has 0 atom stereocenters. The highest BCUT2D eigenvalue weighted by atomic mass is 35.5. The standard InChI is InChI=1S/C17H12Cl3N3O3S/c1-10-2-3-11(18)8-15(10)22-27(25,26)13-6-4-12(5-7-13)23-17(24)16(20)14(19)9-21-23/h2-9,22H,1H3. The fourth-order valence-electron chi connectivity index (χ4n) is 2.27. The number of benzene rings is 2. The van der Waals surface area contributed by atoms with Gasteiger partial charge in [-0.05, 0) is 48.9 Å². The molecule has 3 aromatic rings. The van der Waals surface area contributed by atoms with Gasteiger partial charge in [0.1, 0.15) is 5.02 Å². The molecule has 0 amide bonds. The second kappa shape index (κ2) is 7.52. The number of aryl methyl sites for hydroxylation is 1. The van der Waals surface area contributed by atoms with Crippen LogP contribution in [0.2, 0.25) is 15.1 Å². The number of nitrogens with zero attached hydrogens (tertiary/aromatic N) is 2. The van der Waals surface area contributed by atoms with Gasteiger partial charge >= 0.3 is 0 Å². The van der Waals surface area contributed by atoms with Crippen LogP contribution in [0.5, 0.6) is 0 Å². The zero-order valence-corrected chi connectivity index (χ0v) is 16.9. The van der Waals surface area contributed by atoms with Crippen LogP contribution in [-0.4, -0.2) is 18.2 Å². The molecule has 2 aromatic carbocycles. The molecule has 27 heavy (non-hydrogen) atoms. The summed E-state index contributed by atoms with van der Waals surface area (Å²) in [5.74, 6) is 0. The Morgan fingerprint density at radius 1 is 1.04 bits per heavy atom. The molecule has 1 N–H and O–H groups in total. The second-order valence-electron chi connectivity index (χ2n) is 5.58. The Kier molecular flexibility index (Phi) is 5.48. The number of anilines is 1. The first-order valence-corrected chi connectivity index (χ1v) is 10.1. The molecular formula is C17H12Cl3N3O3S. The SMILES string of the molecule is Cc1ccc(Cl)cc1NS(=O)(=O)c1ccc(-n2ncc(Cl)c(Cl)c2=O)cc1. The third-order valence-electron chi connectivity index (χ3n) is 3.71. The quantitative estimate of drug-likeness (QED) is 0.650. The predicted octanol–water partition coefficient (Wildman–Crippen LogP) is 4.30. The first-order chi connectivity index (χ1) is 12.7. The van der Waals surface area contributed by atoms with E-state index in [0.29, 0.717) is 16.4 Å². The lowest BCUT2D eigenvalue weighted by atomic mass is 10.2. The van der Waals surface area contributed by atoms with E-state index in [4.69, 9.17) is 34.8 Å². The molecule has 0 saturated carbocycles. The maximum absolute atomic E-state index is 12.6. The molecule has 0 aliphatic heterocycles. The summed E-state index contributed by atoms with van der Waals surface area (Å²) in [7, 11) is -3.84. The highest BCUT2D eigenvalue weighted by molar-refractivity contribution is 7.92.